The van der Waals surface area contributed by atoms with E-state index in [9.17, 15) is 9.18 Å². The average Bonchev–Trinajstić information content (AvgIpc) is 2.66. The van der Waals surface area contributed by atoms with Crippen LogP contribution in [0.15, 0.2) is 36.8 Å². The van der Waals surface area contributed by atoms with Crippen LogP contribution >= 0.6 is 0 Å². The number of halogens is 1. The Morgan fingerprint density at radius 2 is 2.19 bits per heavy atom. The molecule has 1 aromatic carbocycles. The van der Waals surface area contributed by atoms with Gasteiger partial charge in [-0.1, -0.05) is 12.1 Å². The minimum atomic E-state index is -0.959. The van der Waals surface area contributed by atoms with E-state index < -0.39 is 5.97 Å². The Hall–Kier alpha value is -2.17. The highest BCUT2D eigenvalue weighted by Gasteiger charge is 2.07. The van der Waals surface area contributed by atoms with Crippen LogP contribution < -0.4 is 0 Å². The SMILES string of the molecule is O=C(O)Cc1cn(-c2ccccc2F)cn1. The van der Waals surface area contributed by atoms with Gasteiger partial charge < -0.3 is 9.67 Å². The quantitative estimate of drug-likeness (QED) is 0.855. The first-order chi connectivity index (χ1) is 7.66. The maximum Gasteiger partial charge on any atom is 0.309 e. The highest BCUT2D eigenvalue weighted by Crippen LogP contribution is 2.13. The molecule has 1 aromatic heterocycles. The first kappa shape index (κ1) is 10.4. The molecule has 82 valence electrons. The van der Waals surface area contributed by atoms with Crippen LogP contribution in [0.1, 0.15) is 5.69 Å². The summed E-state index contributed by atoms with van der Waals surface area (Å²) in [5.74, 6) is -1.33. The smallest absolute Gasteiger partial charge is 0.309 e. The third-order valence-corrected chi connectivity index (χ3v) is 2.10. The predicted octanol–water partition coefficient (Wildman–Crippen LogP) is 1.64. The highest BCUT2D eigenvalue weighted by molar-refractivity contribution is 5.69. The Balaban J connectivity index is 2.32. The first-order valence-corrected chi connectivity index (χ1v) is 4.66. The van der Waals surface area contributed by atoms with E-state index in [0.717, 1.165) is 0 Å². The summed E-state index contributed by atoms with van der Waals surface area (Å²) < 4.78 is 14.8. The van der Waals surface area contributed by atoms with E-state index in [1.807, 2.05) is 0 Å². The van der Waals surface area contributed by atoms with Gasteiger partial charge >= 0.3 is 5.97 Å². The van der Waals surface area contributed by atoms with Crippen LogP contribution in [0.25, 0.3) is 5.69 Å². The molecule has 4 nitrogen and oxygen atoms in total. The van der Waals surface area contributed by atoms with Crippen molar-refractivity contribution in [3.05, 3.63) is 48.3 Å². The van der Waals surface area contributed by atoms with Crippen LogP contribution in [-0.4, -0.2) is 20.6 Å². The lowest BCUT2D eigenvalue weighted by Gasteiger charge is -2.01. The second-order valence-electron chi connectivity index (χ2n) is 3.29. The number of carboxylic acid groups (broad SMARTS) is 1. The number of aliphatic carboxylic acids is 1. The van der Waals surface area contributed by atoms with Crippen LogP contribution in [-0.2, 0) is 11.2 Å². The summed E-state index contributed by atoms with van der Waals surface area (Å²) >= 11 is 0. The number of imidazole rings is 1. The van der Waals surface area contributed by atoms with Gasteiger partial charge in [-0.25, -0.2) is 9.37 Å². The molecule has 0 fully saturated rings. The first-order valence-electron chi connectivity index (χ1n) is 4.66. The van der Waals surface area contributed by atoms with Crippen molar-refractivity contribution in [3.63, 3.8) is 0 Å². The molecule has 0 unspecified atom stereocenters. The molecule has 0 atom stereocenters. The van der Waals surface area contributed by atoms with Gasteiger partial charge in [0.1, 0.15) is 5.82 Å². The minimum absolute atomic E-state index is 0.165. The van der Waals surface area contributed by atoms with Gasteiger partial charge in [-0.3, -0.25) is 4.79 Å². The van der Waals surface area contributed by atoms with Crippen molar-refractivity contribution >= 4 is 5.97 Å². The molecule has 0 aliphatic rings. The van der Waals surface area contributed by atoms with Gasteiger partial charge in [0, 0.05) is 6.20 Å². The summed E-state index contributed by atoms with van der Waals surface area (Å²) in [5, 5.41) is 8.58. The van der Waals surface area contributed by atoms with Crippen molar-refractivity contribution in [1.29, 1.82) is 0 Å². The predicted molar refractivity (Wildman–Crippen MR) is 54.9 cm³/mol. The average molecular weight is 220 g/mol. The zero-order chi connectivity index (χ0) is 11.5. The van der Waals surface area contributed by atoms with E-state index in [0.29, 0.717) is 11.4 Å². The minimum Gasteiger partial charge on any atom is -0.481 e. The maximum atomic E-state index is 13.4. The van der Waals surface area contributed by atoms with Crippen molar-refractivity contribution in [2.45, 2.75) is 6.42 Å². The summed E-state index contributed by atoms with van der Waals surface area (Å²) in [7, 11) is 0. The third kappa shape index (κ3) is 2.08. The van der Waals surface area contributed by atoms with Gasteiger partial charge in [-0.2, -0.15) is 0 Å². The summed E-state index contributed by atoms with van der Waals surface area (Å²) in [6, 6.07) is 6.23. The van der Waals surface area contributed by atoms with Crippen LogP contribution in [0, 0.1) is 5.82 Å². The van der Waals surface area contributed by atoms with Crippen LogP contribution in [0.3, 0.4) is 0 Å². The molecule has 0 aliphatic heterocycles. The number of carboxylic acids is 1. The van der Waals surface area contributed by atoms with Crippen molar-refractivity contribution < 1.29 is 14.3 Å². The lowest BCUT2D eigenvalue weighted by atomic mass is 10.3. The number of hydrogen-bond donors (Lipinski definition) is 1. The highest BCUT2D eigenvalue weighted by atomic mass is 19.1. The molecule has 0 spiro atoms. The summed E-state index contributed by atoms with van der Waals surface area (Å²) in [4.78, 5) is 14.3. The molecule has 1 heterocycles. The Morgan fingerprint density at radius 3 is 2.88 bits per heavy atom. The van der Waals surface area contributed by atoms with Gasteiger partial charge in [0.2, 0.25) is 0 Å². The topological polar surface area (TPSA) is 55.1 Å². The Morgan fingerprint density at radius 1 is 1.44 bits per heavy atom. The van der Waals surface area contributed by atoms with E-state index in [2.05, 4.69) is 4.98 Å². The summed E-state index contributed by atoms with van der Waals surface area (Å²) in [6.45, 7) is 0. The number of aromatic nitrogens is 2. The van der Waals surface area contributed by atoms with E-state index in [1.54, 1.807) is 18.2 Å². The monoisotopic (exact) mass is 220 g/mol. The number of carbonyl (C=O) groups is 1. The Bertz CT molecular complexity index is 522. The lowest BCUT2D eigenvalue weighted by molar-refractivity contribution is -0.136. The Labute approximate surface area is 91.0 Å². The van der Waals surface area contributed by atoms with Crippen molar-refractivity contribution in [2.75, 3.05) is 0 Å². The fourth-order valence-corrected chi connectivity index (χ4v) is 1.40. The zero-order valence-corrected chi connectivity index (χ0v) is 8.30. The van der Waals surface area contributed by atoms with Crippen LogP contribution in [0.4, 0.5) is 4.39 Å². The van der Waals surface area contributed by atoms with Gasteiger partial charge in [-0.05, 0) is 12.1 Å². The van der Waals surface area contributed by atoms with E-state index in [4.69, 9.17) is 5.11 Å². The molecule has 16 heavy (non-hydrogen) atoms. The van der Waals surface area contributed by atoms with E-state index >= 15 is 0 Å². The number of rotatable bonds is 3. The zero-order valence-electron chi connectivity index (χ0n) is 8.30. The van der Waals surface area contributed by atoms with Crippen molar-refractivity contribution in [3.8, 4) is 5.69 Å². The van der Waals surface area contributed by atoms with Gasteiger partial charge in [0.05, 0.1) is 24.1 Å². The molecular formula is C11H9FN2O2. The second kappa shape index (κ2) is 4.14. The maximum absolute atomic E-state index is 13.4. The molecule has 0 saturated carbocycles. The summed E-state index contributed by atoms with van der Waals surface area (Å²) in [5.41, 5.74) is 0.752. The molecule has 0 saturated heterocycles. The van der Waals surface area contributed by atoms with Gasteiger partial charge in [-0.15, -0.1) is 0 Å². The molecule has 2 rings (SSSR count). The molecule has 1 N–H and O–H groups in total. The summed E-state index contributed by atoms with van der Waals surface area (Å²) in [6.07, 6.45) is 2.74. The number of hydrogen-bond acceptors (Lipinski definition) is 2. The van der Waals surface area contributed by atoms with E-state index in [-0.39, 0.29) is 12.2 Å². The standard InChI is InChI=1S/C11H9FN2O2/c12-9-3-1-2-4-10(9)14-6-8(13-7-14)5-11(15)16/h1-4,6-7H,5H2,(H,15,16). The molecular weight excluding hydrogens is 211 g/mol. The second-order valence-corrected chi connectivity index (χ2v) is 3.29. The molecule has 0 amide bonds. The fourth-order valence-electron chi connectivity index (χ4n) is 1.40. The van der Waals surface area contributed by atoms with Crippen molar-refractivity contribution in [1.82, 2.24) is 9.55 Å². The normalized spacial score (nSPS) is 10.3. The number of para-hydroxylation sites is 1. The molecule has 0 bridgehead atoms. The lowest BCUT2D eigenvalue weighted by Crippen LogP contribution is -2.00. The number of benzene rings is 1. The number of nitrogens with zero attached hydrogens (tertiary/aromatic N) is 2. The third-order valence-electron chi connectivity index (χ3n) is 2.10. The molecule has 2 aromatic rings. The van der Waals surface area contributed by atoms with Crippen LogP contribution in [0.2, 0.25) is 0 Å². The molecule has 0 aliphatic carbocycles. The Kier molecular flexibility index (Phi) is 2.68. The van der Waals surface area contributed by atoms with E-state index in [1.165, 1.54) is 23.2 Å². The fraction of sp³-hybridized carbons (Fsp3) is 0.0909. The largest absolute Gasteiger partial charge is 0.481 e. The van der Waals surface area contributed by atoms with Crippen LogP contribution in [0.5, 0.6) is 0 Å². The molecule has 5 heteroatoms. The van der Waals surface area contributed by atoms with Crippen molar-refractivity contribution in [2.24, 2.45) is 0 Å². The molecule has 0 radical (unpaired) electrons. The van der Waals surface area contributed by atoms with Gasteiger partial charge in [0.25, 0.3) is 0 Å². The van der Waals surface area contributed by atoms with Gasteiger partial charge in [0.15, 0.2) is 0 Å².